The van der Waals surface area contributed by atoms with Crippen molar-refractivity contribution in [3.8, 4) is 0 Å². The van der Waals surface area contributed by atoms with Gasteiger partial charge >= 0.3 is 0 Å². The molecular weight excluding hydrogens is 244 g/mol. The van der Waals surface area contributed by atoms with Crippen LogP contribution in [0.25, 0.3) is 0 Å². The molecule has 0 aromatic carbocycles. The number of carbonyl (C=O) groups excluding carboxylic acids is 1. The molecule has 3 heterocycles. The summed E-state index contributed by atoms with van der Waals surface area (Å²) < 4.78 is 6.94. The van der Waals surface area contributed by atoms with E-state index >= 15 is 0 Å². The first-order chi connectivity index (χ1) is 9.15. The number of hydrogen-bond donors (Lipinski definition) is 0. The van der Waals surface area contributed by atoms with Gasteiger partial charge in [-0.2, -0.15) is 5.10 Å². The Bertz CT molecular complexity index is 601. The summed E-state index contributed by atoms with van der Waals surface area (Å²) in [7, 11) is 1.80. The number of nitrogens with zero attached hydrogens (tertiary/aromatic N) is 4. The number of amides is 1. The van der Waals surface area contributed by atoms with Crippen LogP contribution >= 0.6 is 0 Å². The summed E-state index contributed by atoms with van der Waals surface area (Å²) in [5, 5.41) is 8.07. The summed E-state index contributed by atoms with van der Waals surface area (Å²) in [5.74, 6) is 0.719. The van der Waals surface area contributed by atoms with E-state index in [4.69, 9.17) is 4.52 Å². The van der Waals surface area contributed by atoms with Crippen molar-refractivity contribution in [2.75, 3.05) is 6.54 Å². The third-order valence-corrected chi connectivity index (χ3v) is 3.42. The van der Waals surface area contributed by atoms with Crippen LogP contribution in [0.3, 0.4) is 0 Å². The van der Waals surface area contributed by atoms with Gasteiger partial charge in [-0.15, -0.1) is 0 Å². The normalized spacial score (nSPS) is 19.1. The number of aromatic nitrogens is 3. The smallest absolute Gasteiger partial charge is 0.274 e. The molecule has 0 N–H and O–H groups in total. The monoisotopic (exact) mass is 260 g/mol. The second-order valence-electron chi connectivity index (χ2n) is 4.90. The highest BCUT2D eigenvalue weighted by molar-refractivity contribution is 5.92. The molecular formula is C13H16N4O2. The van der Waals surface area contributed by atoms with E-state index in [1.807, 2.05) is 17.9 Å². The van der Waals surface area contributed by atoms with Crippen LogP contribution in [-0.4, -0.2) is 32.3 Å². The van der Waals surface area contributed by atoms with Gasteiger partial charge in [0.1, 0.15) is 5.69 Å². The molecule has 0 radical (unpaired) electrons. The van der Waals surface area contributed by atoms with E-state index in [2.05, 4.69) is 10.3 Å². The molecule has 0 spiro atoms. The fraction of sp³-hybridized carbons (Fsp3) is 0.462. The third kappa shape index (κ3) is 2.14. The first kappa shape index (κ1) is 12.0. The lowest BCUT2D eigenvalue weighted by Crippen LogP contribution is -2.30. The molecule has 0 unspecified atom stereocenters. The van der Waals surface area contributed by atoms with E-state index in [1.54, 1.807) is 24.0 Å². The van der Waals surface area contributed by atoms with Crippen LogP contribution in [0.4, 0.5) is 0 Å². The summed E-state index contributed by atoms with van der Waals surface area (Å²) in [6, 6.07) is 3.62. The van der Waals surface area contributed by atoms with Gasteiger partial charge in [0, 0.05) is 25.9 Å². The first-order valence-electron chi connectivity index (χ1n) is 6.39. The second-order valence-corrected chi connectivity index (χ2v) is 4.90. The molecule has 2 aromatic heterocycles. The zero-order valence-electron chi connectivity index (χ0n) is 11.0. The Balaban J connectivity index is 1.85. The molecule has 0 aliphatic carbocycles. The molecule has 1 saturated heterocycles. The van der Waals surface area contributed by atoms with Crippen LogP contribution in [0, 0.1) is 6.92 Å². The largest absolute Gasteiger partial charge is 0.359 e. The Hall–Kier alpha value is -2.11. The highest BCUT2D eigenvalue weighted by Gasteiger charge is 2.33. The van der Waals surface area contributed by atoms with Crippen molar-refractivity contribution in [3.63, 3.8) is 0 Å². The van der Waals surface area contributed by atoms with Crippen LogP contribution in [0.5, 0.6) is 0 Å². The Morgan fingerprint density at radius 2 is 2.37 bits per heavy atom. The van der Waals surface area contributed by atoms with Crippen molar-refractivity contribution in [2.24, 2.45) is 7.05 Å². The Morgan fingerprint density at radius 1 is 1.53 bits per heavy atom. The van der Waals surface area contributed by atoms with Gasteiger partial charge in [0.05, 0.1) is 11.7 Å². The average molecular weight is 260 g/mol. The highest BCUT2D eigenvalue weighted by atomic mass is 16.5. The Labute approximate surface area is 111 Å². The van der Waals surface area contributed by atoms with E-state index < -0.39 is 0 Å². The molecule has 100 valence electrons. The van der Waals surface area contributed by atoms with Gasteiger partial charge in [0.2, 0.25) is 0 Å². The minimum absolute atomic E-state index is 0.0179. The van der Waals surface area contributed by atoms with Crippen LogP contribution < -0.4 is 0 Å². The molecule has 19 heavy (non-hydrogen) atoms. The van der Waals surface area contributed by atoms with Crippen LogP contribution in [0.15, 0.2) is 22.9 Å². The molecule has 6 heteroatoms. The molecule has 1 aliphatic heterocycles. The van der Waals surface area contributed by atoms with E-state index in [1.165, 1.54) is 0 Å². The first-order valence-corrected chi connectivity index (χ1v) is 6.39. The Morgan fingerprint density at radius 3 is 3.00 bits per heavy atom. The number of aryl methyl sites for hydroxylation is 2. The van der Waals surface area contributed by atoms with Crippen molar-refractivity contribution < 1.29 is 9.32 Å². The average Bonchev–Trinajstić information content (AvgIpc) is 3.07. The molecule has 0 saturated carbocycles. The fourth-order valence-electron chi connectivity index (χ4n) is 2.52. The van der Waals surface area contributed by atoms with Crippen LogP contribution in [-0.2, 0) is 7.05 Å². The summed E-state index contributed by atoms with van der Waals surface area (Å²) in [5.41, 5.74) is 1.32. The zero-order chi connectivity index (χ0) is 13.4. The molecule has 3 rings (SSSR count). The summed E-state index contributed by atoms with van der Waals surface area (Å²) in [6.07, 6.45) is 3.66. The van der Waals surface area contributed by atoms with E-state index in [0.29, 0.717) is 5.69 Å². The fourth-order valence-corrected chi connectivity index (χ4v) is 2.52. The number of likely N-dealkylation sites (tertiary alicyclic amines) is 1. The minimum atomic E-state index is -0.0443. The maximum absolute atomic E-state index is 12.4. The quantitative estimate of drug-likeness (QED) is 0.824. The molecule has 1 aliphatic rings. The number of rotatable bonds is 2. The molecule has 0 bridgehead atoms. The summed E-state index contributed by atoms with van der Waals surface area (Å²) >= 11 is 0. The topological polar surface area (TPSA) is 64.2 Å². The van der Waals surface area contributed by atoms with Crippen molar-refractivity contribution in [3.05, 3.63) is 35.5 Å². The number of hydrogen-bond acceptors (Lipinski definition) is 4. The van der Waals surface area contributed by atoms with E-state index in [-0.39, 0.29) is 11.9 Å². The SMILES string of the molecule is Cc1cc([C@@H]2CCCN2C(=O)c2ccn(C)n2)on1. The van der Waals surface area contributed by atoms with Gasteiger partial charge in [-0.1, -0.05) is 5.16 Å². The standard InChI is InChI=1S/C13H16N4O2/c1-9-8-12(19-15-9)11-4-3-6-17(11)13(18)10-5-7-16(2)14-10/h5,7-8,11H,3-4,6H2,1-2H3/t11-/m0/s1. The predicted octanol–water partition coefficient (Wildman–Crippen LogP) is 1.69. The van der Waals surface area contributed by atoms with Gasteiger partial charge in [-0.3, -0.25) is 9.48 Å². The third-order valence-electron chi connectivity index (χ3n) is 3.42. The van der Waals surface area contributed by atoms with Gasteiger partial charge in [0.25, 0.3) is 5.91 Å². The van der Waals surface area contributed by atoms with Crippen molar-refractivity contribution in [1.29, 1.82) is 0 Å². The van der Waals surface area contributed by atoms with E-state index in [9.17, 15) is 4.79 Å². The van der Waals surface area contributed by atoms with Gasteiger partial charge in [0.15, 0.2) is 5.76 Å². The van der Waals surface area contributed by atoms with E-state index in [0.717, 1.165) is 30.8 Å². The molecule has 1 atom stereocenters. The second kappa shape index (κ2) is 4.53. The van der Waals surface area contributed by atoms with Crippen molar-refractivity contribution in [2.45, 2.75) is 25.8 Å². The Kier molecular flexibility index (Phi) is 2.85. The minimum Gasteiger partial charge on any atom is -0.359 e. The zero-order valence-corrected chi connectivity index (χ0v) is 11.0. The number of carbonyl (C=O) groups is 1. The van der Waals surface area contributed by atoms with Gasteiger partial charge in [-0.25, -0.2) is 0 Å². The maximum atomic E-state index is 12.4. The van der Waals surface area contributed by atoms with Gasteiger partial charge < -0.3 is 9.42 Å². The molecule has 6 nitrogen and oxygen atoms in total. The molecule has 1 fully saturated rings. The lowest BCUT2D eigenvalue weighted by atomic mass is 10.1. The maximum Gasteiger partial charge on any atom is 0.274 e. The molecule has 1 amide bonds. The lowest BCUT2D eigenvalue weighted by Gasteiger charge is -2.21. The van der Waals surface area contributed by atoms with Crippen LogP contribution in [0.2, 0.25) is 0 Å². The van der Waals surface area contributed by atoms with Crippen molar-refractivity contribution >= 4 is 5.91 Å². The summed E-state index contributed by atoms with van der Waals surface area (Å²) in [4.78, 5) is 14.3. The lowest BCUT2D eigenvalue weighted by molar-refractivity contribution is 0.0708. The van der Waals surface area contributed by atoms with Gasteiger partial charge in [-0.05, 0) is 25.8 Å². The van der Waals surface area contributed by atoms with Crippen molar-refractivity contribution in [1.82, 2.24) is 19.8 Å². The molecule has 2 aromatic rings. The predicted molar refractivity (Wildman–Crippen MR) is 67.5 cm³/mol. The van der Waals surface area contributed by atoms with Crippen LogP contribution in [0.1, 0.15) is 40.8 Å². The highest BCUT2D eigenvalue weighted by Crippen LogP contribution is 2.33. The summed E-state index contributed by atoms with van der Waals surface area (Å²) in [6.45, 7) is 2.62.